The van der Waals surface area contributed by atoms with E-state index in [0.717, 1.165) is 27.6 Å². The van der Waals surface area contributed by atoms with E-state index in [0.29, 0.717) is 11.6 Å². The van der Waals surface area contributed by atoms with Gasteiger partial charge in [0.05, 0.1) is 11.7 Å². The summed E-state index contributed by atoms with van der Waals surface area (Å²) < 4.78 is 1.72. The average Bonchev–Trinajstić information content (AvgIpc) is 3.08. The number of fused-ring (bicyclic) bond motifs is 1. The number of rotatable bonds is 3. The zero-order chi connectivity index (χ0) is 18.8. The zero-order valence-corrected chi connectivity index (χ0v) is 14.9. The summed E-state index contributed by atoms with van der Waals surface area (Å²) >= 11 is 0. The number of phenolic OH excluding ortho intramolecular Hbond substituents is 1. The van der Waals surface area contributed by atoms with Crippen molar-refractivity contribution in [3.8, 4) is 28.7 Å². The van der Waals surface area contributed by atoms with Crippen LogP contribution in [-0.2, 0) is 7.05 Å². The molecule has 0 saturated carbocycles. The molecule has 0 radical (unpaired) electrons. The number of phenols is 1. The average molecular weight is 355 g/mol. The van der Waals surface area contributed by atoms with E-state index in [1.807, 2.05) is 44.4 Å². The summed E-state index contributed by atoms with van der Waals surface area (Å²) in [7, 11) is 1.85. The monoisotopic (exact) mass is 355 g/mol. The Hall–Kier alpha value is -3.85. The van der Waals surface area contributed by atoms with Crippen molar-refractivity contribution in [3.05, 3.63) is 60.6 Å². The van der Waals surface area contributed by atoms with Gasteiger partial charge < -0.3 is 10.4 Å². The van der Waals surface area contributed by atoms with Crippen LogP contribution in [0.1, 0.15) is 12.5 Å². The summed E-state index contributed by atoms with van der Waals surface area (Å²) in [6, 6.07) is 11.1. The number of anilines is 2. The SMILES string of the molecule is CC#Cc1ccc2nc(Nc3cc(O)cc(-c4cnn(C)c4)c3)ncc2c1. The fraction of sp³-hybridized carbons (Fsp3) is 0.0952. The van der Waals surface area contributed by atoms with Crippen molar-refractivity contribution < 1.29 is 5.11 Å². The van der Waals surface area contributed by atoms with Gasteiger partial charge in [-0.05, 0) is 42.8 Å². The molecular weight excluding hydrogens is 338 g/mol. The predicted molar refractivity (Wildman–Crippen MR) is 106 cm³/mol. The highest BCUT2D eigenvalue weighted by Crippen LogP contribution is 2.29. The summed E-state index contributed by atoms with van der Waals surface area (Å²) in [5.74, 6) is 6.53. The molecule has 2 aromatic heterocycles. The van der Waals surface area contributed by atoms with Gasteiger partial charge >= 0.3 is 0 Å². The molecule has 0 bridgehead atoms. The van der Waals surface area contributed by atoms with Gasteiger partial charge in [-0.15, -0.1) is 5.92 Å². The molecular formula is C21H17N5O. The predicted octanol–water partition coefficient (Wildman–Crippen LogP) is 3.85. The molecule has 0 aliphatic heterocycles. The Morgan fingerprint density at radius 3 is 2.74 bits per heavy atom. The Morgan fingerprint density at radius 2 is 1.96 bits per heavy atom. The highest BCUT2D eigenvalue weighted by molar-refractivity contribution is 5.81. The van der Waals surface area contributed by atoms with Crippen LogP contribution in [0.2, 0.25) is 0 Å². The third-order valence-corrected chi connectivity index (χ3v) is 4.06. The Morgan fingerprint density at radius 1 is 1.07 bits per heavy atom. The molecule has 4 rings (SSSR count). The number of aromatic nitrogens is 4. The van der Waals surface area contributed by atoms with E-state index in [9.17, 15) is 5.11 Å². The topological polar surface area (TPSA) is 75.9 Å². The minimum atomic E-state index is 0.155. The number of nitrogens with zero attached hydrogens (tertiary/aromatic N) is 4. The quantitative estimate of drug-likeness (QED) is 0.546. The summed E-state index contributed by atoms with van der Waals surface area (Å²) in [4.78, 5) is 8.91. The van der Waals surface area contributed by atoms with Crippen molar-refractivity contribution in [2.45, 2.75) is 6.92 Å². The van der Waals surface area contributed by atoms with Crippen LogP contribution in [0.15, 0.2) is 55.0 Å². The maximum absolute atomic E-state index is 10.1. The Balaban J connectivity index is 1.66. The van der Waals surface area contributed by atoms with Crippen molar-refractivity contribution in [2.24, 2.45) is 7.05 Å². The number of hydrogen-bond donors (Lipinski definition) is 2. The second-order valence-corrected chi connectivity index (χ2v) is 6.14. The normalized spacial score (nSPS) is 10.4. The molecule has 0 unspecified atom stereocenters. The smallest absolute Gasteiger partial charge is 0.227 e. The Bertz CT molecular complexity index is 1200. The molecule has 2 heterocycles. The van der Waals surface area contributed by atoms with Crippen molar-refractivity contribution in [2.75, 3.05) is 5.32 Å². The second kappa shape index (κ2) is 6.81. The highest BCUT2D eigenvalue weighted by Gasteiger charge is 2.07. The first-order chi connectivity index (χ1) is 13.1. The van der Waals surface area contributed by atoms with E-state index >= 15 is 0 Å². The number of aryl methyl sites for hydroxylation is 1. The molecule has 0 fully saturated rings. The van der Waals surface area contributed by atoms with Crippen LogP contribution in [0.5, 0.6) is 5.75 Å². The van der Waals surface area contributed by atoms with Gasteiger partial charge in [0.25, 0.3) is 0 Å². The van der Waals surface area contributed by atoms with Crippen LogP contribution in [0, 0.1) is 11.8 Å². The Labute approximate surface area is 156 Å². The fourth-order valence-electron chi connectivity index (χ4n) is 2.87. The van der Waals surface area contributed by atoms with Crippen molar-refractivity contribution in [3.63, 3.8) is 0 Å². The number of benzene rings is 2. The molecule has 6 heteroatoms. The first kappa shape index (κ1) is 16.6. The van der Waals surface area contributed by atoms with Gasteiger partial charge in [0.2, 0.25) is 5.95 Å². The van der Waals surface area contributed by atoms with E-state index in [1.165, 1.54) is 0 Å². The lowest BCUT2D eigenvalue weighted by atomic mass is 10.1. The Kier molecular flexibility index (Phi) is 4.19. The molecule has 0 saturated heterocycles. The maximum Gasteiger partial charge on any atom is 0.227 e. The van der Waals surface area contributed by atoms with Gasteiger partial charge in [-0.1, -0.05) is 5.92 Å². The molecule has 0 atom stereocenters. The molecule has 0 aliphatic carbocycles. The number of aromatic hydroxyl groups is 1. The molecule has 2 N–H and O–H groups in total. The third kappa shape index (κ3) is 3.58. The molecule has 0 amide bonds. The molecule has 27 heavy (non-hydrogen) atoms. The molecule has 132 valence electrons. The largest absolute Gasteiger partial charge is 0.508 e. The van der Waals surface area contributed by atoms with Crippen molar-refractivity contribution >= 4 is 22.5 Å². The van der Waals surface area contributed by atoms with Crippen molar-refractivity contribution in [1.82, 2.24) is 19.7 Å². The van der Waals surface area contributed by atoms with Crippen LogP contribution in [0.3, 0.4) is 0 Å². The van der Waals surface area contributed by atoms with Gasteiger partial charge in [0, 0.05) is 47.7 Å². The minimum absolute atomic E-state index is 0.155. The van der Waals surface area contributed by atoms with E-state index in [2.05, 4.69) is 32.2 Å². The van der Waals surface area contributed by atoms with Crippen molar-refractivity contribution in [1.29, 1.82) is 0 Å². The van der Waals surface area contributed by atoms with Gasteiger partial charge in [-0.25, -0.2) is 9.97 Å². The molecule has 6 nitrogen and oxygen atoms in total. The van der Waals surface area contributed by atoms with Gasteiger partial charge in [-0.3, -0.25) is 4.68 Å². The van der Waals surface area contributed by atoms with E-state index in [4.69, 9.17) is 0 Å². The van der Waals surface area contributed by atoms with Crippen LogP contribution in [0.25, 0.3) is 22.0 Å². The number of hydrogen-bond acceptors (Lipinski definition) is 5. The van der Waals surface area contributed by atoms with E-state index in [1.54, 1.807) is 29.2 Å². The zero-order valence-electron chi connectivity index (χ0n) is 14.9. The summed E-state index contributed by atoms with van der Waals surface area (Å²) in [5.41, 5.74) is 4.22. The van der Waals surface area contributed by atoms with Gasteiger partial charge in [0.1, 0.15) is 5.75 Å². The summed E-state index contributed by atoms with van der Waals surface area (Å²) in [5, 5.41) is 18.3. The molecule has 0 aliphatic rings. The second-order valence-electron chi connectivity index (χ2n) is 6.14. The van der Waals surface area contributed by atoms with Crippen LogP contribution < -0.4 is 5.32 Å². The van der Waals surface area contributed by atoms with Gasteiger partial charge in [0.15, 0.2) is 0 Å². The summed E-state index contributed by atoms with van der Waals surface area (Å²) in [6.07, 6.45) is 5.40. The van der Waals surface area contributed by atoms with E-state index in [-0.39, 0.29) is 5.75 Å². The van der Waals surface area contributed by atoms with Crippen LogP contribution in [0.4, 0.5) is 11.6 Å². The van der Waals surface area contributed by atoms with Gasteiger partial charge in [-0.2, -0.15) is 5.10 Å². The minimum Gasteiger partial charge on any atom is -0.508 e. The maximum atomic E-state index is 10.1. The lowest BCUT2D eigenvalue weighted by Gasteiger charge is -2.08. The van der Waals surface area contributed by atoms with E-state index < -0.39 is 0 Å². The molecule has 2 aromatic carbocycles. The highest BCUT2D eigenvalue weighted by atomic mass is 16.3. The number of nitrogens with one attached hydrogen (secondary N) is 1. The fourth-order valence-corrected chi connectivity index (χ4v) is 2.87. The first-order valence-electron chi connectivity index (χ1n) is 8.40. The molecule has 0 spiro atoms. The third-order valence-electron chi connectivity index (χ3n) is 4.06. The lowest BCUT2D eigenvalue weighted by Crippen LogP contribution is -1.97. The van der Waals surface area contributed by atoms with Crippen LogP contribution in [-0.4, -0.2) is 24.9 Å². The standard InChI is InChI=1S/C21H17N5O/c1-3-4-14-5-6-20-16(7-14)11-22-21(25-20)24-18-8-15(9-19(27)10-18)17-12-23-26(2)13-17/h5-13,27H,1-2H3,(H,22,24,25). The molecule has 4 aromatic rings. The van der Waals surface area contributed by atoms with Crippen LogP contribution >= 0.6 is 0 Å². The first-order valence-corrected chi connectivity index (χ1v) is 8.40. The lowest BCUT2D eigenvalue weighted by molar-refractivity contribution is 0.476. The summed E-state index contributed by atoms with van der Waals surface area (Å²) in [6.45, 7) is 1.81.